The third-order valence-corrected chi connectivity index (χ3v) is 1.70. The van der Waals surface area contributed by atoms with Gasteiger partial charge in [-0.05, 0) is 0 Å². The molecule has 0 aliphatic carbocycles. The lowest BCUT2D eigenvalue weighted by molar-refractivity contribution is -0.139. The fourth-order valence-corrected chi connectivity index (χ4v) is 0.936. The molecule has 0 saturated carbocycles. The van der Waals surface area contributed by atoms with Gasteiger partial charge in [-0.2, -0.15) is 0 Å². The van der Waals surface area contributed by atoms with Gasteiger partial charge in [-0.25, -0.2) is 18.4 Å². The van der Waals surface area contributed by atoms with Crippen molar-refractivity contribution in [2.24, 2.45) is 0 Å². The summed E-state index contributed by atoms with van der Waals surface area (Å²) in [6.07, 6.45) is 2.22. The highest BCUT2D eigenvalue weighted by atomic mass is 19.3. The number of nitrogens with one attached hydrogen (secondary N) is 2. The summed E-state index contributed by atoms with van der Waals surface area (Å²) >= 11 is 0. The van der Waals surface area contributed by atoms with Crippen molar-refractivity contribution >= 4 is 12.0 Å². The molecule has 102 valence electrons. The van der Waals surface area contributed by atoms with Gasteiger partial charge in [0.05, 0.1) is 6.61 Å². The molecule has 0 saturated heterocycles. The molecule has 2 amide bonds. The zero-order valence-corrected chi connectivity index (χ0v) is 9.49. The van der Waals surface area contributed by atoms with Crippen LogP contribution in [0.25, 0.3) is 0 Å². The van der Waals surface area contributed by atoms with Crippen LogP contribution in [0.4, 0.5) is 13.6 Å². The normalized spacial score (nSPS) is 11.7. The van der Waals surface area contributed by atoms with E-state index in [1.807, 2.05) is 0 Å². The molecule has 8 heteroatoms. The summed E-state index contributed by atoms with van der Waals surface area (Å²) in [5.41, 5.74) is 0. The minimum atomic E-state index is -2.56. The molecule has 0 heterocycles. The van der Waals surface area contributed by atoms with Crippen molar-refractivity contribution in [1.29, 1.82) is 0 Å². The summed E-state index contributed by atoms with van der Waals surface area (Å²) in [4.78, 5) is 21.8. The molecule has 0 aromatic rings. The first kappa shape index (κ1) is 16.1. The van der Waals surface area contributed by atoms with Crippen LogP contribution in [0.15, 0.2) is 0 Å². The molecule has 0 aromatic carbocycles. The number of hydrogen-bond donors (Lipinski definition) is 3. The van der Waals surface area contributed by atoms with E-state index in [0.717, 1.165) is 0 Å². The maximum atomic E-state index is 11.7. The first-order valence-electron chi connectivity index (χ1n) is 5.04. The average Bonchev–Trinajstić information content (AvgIpc) is 2.27. The number of terminal acetylenes is 1. The number of ether oxygens (including phenoxy) is 1. The number of alkyl halides is 2. The Bertz CT molecular complexity index is 317. The quantitative estimate of drug-likeness (QED) is 0.427. The molecule has 0 aromatic heterocycles. The van der Waals surface area contributed by atoms with Crippen molar-refractivity contribution in [3.63, 3.8) is 0 Å². The zero-order valence-electron chi connectivity index (χ0n) is 9.49. The lowest BCUT2D eigenvalue weighted by atomic mass is 10.2. The van der Waals surface area contributed by atoms with Crippen LogP contribution in [-0.2, 0) is 9.53 Å². The molecule has 6 nitrogen and oxygen atoms in total. The van der Waals surface area contributed by atoms with Gasteiger partial charge in [0.15, 0.2) is 0 Å². The van der Waals surface area contributed by atoms with Gasteiger partial charge < -0.3 is 20.5 Å². The molecular formula is C10H14F2N2O4. The summed E-state index contributed by atoms with van der Waals surface area (Å²) in [5, 5.41) is 13.0. The number of hydrogen-bond acceptors (Lipinski definition) is 3. The van der Waals surface area contributed by atoms with Crippen molar-refractivity contribution < 1.29 is 28.2 Å². The van der Waals surface area contributed by atoms with Crippen molar-refractivity contribution in [1.82, 2.24) is 10.6 Å². The molecule has 18 heavy (non-hydrogen) atoms. The van der Waals surface area contributed by atoms with Gasteiger partial charge in [0.2, 0.25) is 0 Å². The van der Waals surface area contributed by atoms with Crippen molar-refractivity contribution in [3.8, 4) is 12.3 Å². The number of carboxylic acids is 1. The second-order valence-electron chi connectivity index (χ2n) is 3.17. The Labute approximate surface area is 103 Å². The van der Waals surface area contributed by atoms with Crippen LogP contribution in [0.5, 0.6) is 0 Å². The van der Waals surface area contributed by atoms with Crippen LogP contribution in [0.2, 0.25) is 0 Å². The molecule has 0 fully saturated rings. The summed E-state index contributed by atoms with van der Waals surface area (Å²) in [6.45, 7) is -0.816. The van der Waals surface area contributed by atoms with E-state index < -0.39 is 31.1 Å². The number of urea groups is 1. The fourth-order valence-electron chi connectivity index (χ4n) is 0.936. The number of amides is 2. The van der Waals surface area contributed by atoms with Gasteiger partial charge in [0.25, 0.3) is 6.43 Å². The summed E-state index contributed by atoms with van der Waals surface area (Å²) in [6, 6.07) is -1.93. The lowest BCUT2D eigenvalue weighted by Gasteiger charge is -2.12. The van der Waals surface area contributed by atoms with Crippen LogP contribution in [0.1, 0.15) is 6.42 Å². The van der Waals surface area contributed by atoms with Crippen LogP contribution >= 0.6 is 0 Å². The van der Waals surface area contributed by atoms with E-state index in [1.54, 1.807) is 0 Å². The smallest absolute Gasteiger partial charge is 0.327 e. The van der Waals surface area contributed by atoms with E-state index in [0.29, 0.717) is 0 Å². The first-order chi connectivity index (χ1) is 8.47. The fraction of sp³-hybridized carbons (Fsp3) is 0.600. The molecule has 0 rings (SSSR count). The highest BCUT2D eigenvalue weighted by molar-refractivity contribution is 5.82. The van der Waals surface area contributed by atoms with Crippen molar-refractivity contribution in [2.45, 2.75) is 18.9 Å². The molecule has 0 aliphatic rings. The largest absolute Gasteiger partial charge is 0.480 e. The number of carbonyl (C=O) groups excluding carboxylic acids is 1. The van der Waals surface area contributed by atoms with Gasteiger partial charge in [-0.15, -0.1) is 12.3 Å². The highest BCUT2D eigenvalue weighted by Gasteiger charge is 2.18. The van der Waals surface area contributed by atoms with E-state index in [9.17, 15) is 18.4 Å². The van der Waals surface area contributed by atoms with E-state index in [-0.39, 0.29) is 19.6 Å². The minimum Gasteiger partial charge on any atom is -0.480 e. The second-order valence-corrected chi connectivity index (χ2v) is 3.17. The Kier molecular flexibility index (Phi) is 8.22. The average molecular weight is 264 g/mol. The van der Waals surface area contributed by atoms with E-state index in [1.165, 1.54) is 0 Å². The zero-order chi connectivity index (χ0) is 14.0. The van der Waals surface area contributed by atoms with Gasteiger partial charge in [0.1, 0.15) is 12.6 Å². The molecule has 0 radical (unpaired) electrons. The van der Waals surface area contributed by atoms with Gasteiger partial charge in [-0.1, -0.05) is 0 Å². The number of rotatable bonds is 8. The van der Waals surface area contributed by atoms with Crippen LogP contribution in [-0.4, -0.2) is 49.3 Å². The van der Waals surface area contributed by atoms with Gasteiger partial charge >= 0.3 is 12.0 Å². The third-order valence-electron chi connectivity index (χ3n) is 1.70. The molecule has 0 spiro atoms. The summed E-state index contributed by atoms with van der Waals surface area (Å²) < 4.78 is 27.8. The molecule has 1 unspecified atom stereocenters. The molecule has 0 aliphatic heterocycles. The highest BCUT2D eigenvalue weighted by Crippen LogP contribution is 1.92. The Morgan fingerprint density at radius 3 is 2.61 bits per heavy atom. The Morgan fingerprint density at radius 1 is 1.44 bits per heavy atom. The Morgan fingerprint density at radius 2 is 2.11 bits per heavy atom. The molecule has 0 bridgehead atoms. The first-order valence-corrected chi connectivity index (χ1v) is 5.04. The van der Waals surface area contributed by atoms with E-state index in [2.05, 4.69) is 21.3 Å². The van der Waals surface area contributed by atoms with E-state index in [4.69, 9.17) is 11.5 Å². The predicted molar refractivity (Wildman–Crippen MR) is 58.2 cm³/mol. The van der Waals surface area contributed by atoms with Crippen molar-refractivity contribution in [2.75, 3.05) is 19.8 Å². The Balaban J connectivity index is 3.76. The summed E-state index contributed by atoms with van der Waals surface area (Å²) in [5.74, 6) is 0.859. The van der Waals surface area contributed by atoms with E-state index >= 15 is 0 Å². The number of halogens is 2. The second kappa shape index (κ2) is 9.18. The van der Waals surface area contributed by atoms with Gasteiger partial charge in [0, 0.05) is 13.0 Å². The molecule has 3 N–H and O–H groups in total. The topological polar surface area (TPSA) is 87.7 Å². The summed E-state index contributed by atoms with van der Waals surface area (Å²) in [7, 11) is 0. The predicted octanol–water partition coefficient (Wildman–Crippen LogP) is 0.0438. The van der Waals surface area contributed by atoms with Crippen molar-refractivity contribution in [3.05, 3.63) is 0 Å². The number of carbonyl (C=O) groups is 2. The monoisotopic (exact) mass is 264 g/mol. The molecular weight excluding hydrogens is 250 g/mol. The van der Waals surface area contributed by atoms with Crippen LogP contribution < -0.4 is 10.6 Å². The SMILES string of the molecule is C#CCC(NC(=O)NCCOCC(F)F)C(=O)O. The minimum absolute atomic E-state index is 0.0130. The Hall–Kier alpha value is -1.88. The van der Waals surface area contributed by atoms with Crippen LogP contribution in [0, 0.1) is 12.3 Å². The van der Waals surface area contributed by atoms with Crippen LogP contribution in [0.3, 0.4) is 0 Å². The maximum absolute atomic E-state index is 11.7. The maximum Gasteiger partial charge on any atom is 0.327 e. The number of aliphatic carboxylic acids is 1. The third kappa shape index (κ3) is 8.29. The number of carboxylic acid groups (broad SMARTS) is 1. The molecule has 1 atom stereocenters. The standard InChI is InChI=1S/C10H14F2N2O4/c1-2-3-7(9(15)16)14-10(17)13-4-5-18-6-8(11)12/h1,7-8H,3-6H2,(H,15,16)(H2,13,14,17). The van der Waals surface area contributed by atoms with Gasteiger partial charge in [-0.3, -0.25) is 0 Å². The lowest BCUT2D eigenvalue weighted by Crippen LogP contribution is -2.46.